The van der Waals surface area contributed by atoms with Crippen LogP contribution >= 0.6 is 12.2 Å². The first-order valence-electron chi connectivity index (χ1n) is 6.45. The summed E-state index contributed by atoms with van der Waals surface area (Å²) in [5.41, 5.74) is 5.48. The average molecular weight is 291 g/mol. The highest BCUT2D eigenvalue weighted by Crippen LogP contribution is 2.23. The summed E-state index contributed by atoms with van der Waals surface area (Å²) in [5.74, 6) is 0. The average Bonchev–Trinajstić information content (AvgIpc) is 2.37. The molecule has 2 saturated heterocycles. The molecular formula is C11H21N3O2S2. The Morgan fingerprint density at radius 3 is 2.72 bits per heavy atom. The van der Waals surface area contributed by atoms with Crippen molar-refractivity contribution in [2.75, 3.05) is 26.2 Å². The van der Waals surface area contributed by atoms with E-state index in [1.54, 1.807) is 11.2 Å². The highest BCUT2D eigenvalue weighted by molar-refractivity contribution is 7.92. The number of rotatable bonds is 3. The van der Waals surface area contributed by atoms with Gasteiger partial charge in [-0.05, 0) is 26.3 Å². The maximum absolute atomic E-state index is 12.3. The Hall–Kier alpha value is -0.240. The lowest BCUT2D eigenvalue weighted by Gasteiger charge is -2.43. The number of sulfonamides is 1. The fraction of sp³-hybridized carbons (Fsp3) is 0.909. The first-order valence-corrected chi connectivity index (χ1v) is 8.36. The molecule has 2 N–H and O–H groups in total. The molecule has 0 radical (unpaired) electrons. The normalized spacial score (nSPS) is 28.6. The van der Waals surface area contributed by atoms with Crippen molar-refractivity contribution in [2.24, 2.45) is 5.73 Å². The molecule has 2 fully saturated rings. The molecule has 2 aliphatic rings. The van der Waals surface area contributed by atoms with Crippen LogP contribution in [-0.4, -0.2) is 60.1 Å². The second-order valence-electron chi connectivity index (χ2n) is 5.13. The lowest BCUT2D eigenvalue weighted by atomic mass is 10.0. The summed E-state index contributed by atoms with van der Waals surface area (Å²) in [5, 5.41) is -0.761. The molecule has 18 heavy (non-hydrogen) atoms. The van der Waals surface area contributed by atoms with Gasteiger partial charge in [-0.15, -0.1) is 0 Å². The van der Waals surface area contributed by atoms with Gasteiger partial charge in [0.2, 0.25) is 10.0 Å². The third-order valence-electron chi connectivity index (χ3n) is 4.01. The van der Waals surface area contributed by atoms with E-state index in [0.29, 0.717) is 19.1 Å². The van der Waals surface area contributed by atoms with Gasteiger partial charge in [-0.1, -0.05) is 18.6 Å². The Bertz CT molecular complexity index is 424. The third-order valence-corrected chi connectivity index (χ3v) is 6.71. The lowest BCUT2D eigenvalue weighted by Crippen LogP contribution is -2.58. The fourth-order valence-electron chi connectivity index (χ4n) is 2.73. The van der Waals surface area contributed by atoms with Crippen LogP contribution in [0.4, 0.5) is 0 Å². The van der Waals surface area contributed by atoms with Crippen LogP contribution in [0.2, 0.25) is 0 Å². The number of nitrogens with two attached hydrogens (primary N) is 1. The molecule has 0 saturated carbocycles. The molecule has 5 nitrogen and oxygen atoms in total. The van der Waals surface area contributed by atoms with Gasteiger partial charge in [-0.3, -0.25) is 4.90 Å². The van der Waals surface area contributed by atoms with Crippen LogP contribution < -0.4 is 5.73 Å². The topological polar surface area (TPSA) is 66.6 Å². The molecular weight excluding hydrogens is 270 g/mol. The van der Waals surface area contributed by atoms with E-state index in [9.17, 15) is 8.42 Å². The Balaban J connectivity index is 2.08. The number of fused-ring (bicyclic) bond motifs is 1. The highest BCUT2D eigenvalue weighted by atomic mass is 32.2. The van der Waals surface area contributed by atoms with Crippen LogP contribution in [0.15, 0.2) is 0 Å². The van der Waals surface area contributed by atoms with Crippen molar-refractivity contribution in [2.45, 2.75) is 37.5 Å². The predicted molar refractivity (Wildman–Crippen MR) is 76.0 cm³/mol. The van der Waals surface area contributed by atoms with Gasteiger partial charge >= 0.3 is 0 Å². The van der Waals surface area contributed by atoms with Crippen LogP contribution in [-0.2, 0) is 10.0 Å². The van der Waals surface area contributed by atoms with Crippen molar-refractivity contribution in [3.63, 3.8) is 0 Å². The van der Waals surface area contributed by atoms with Crippen LogP contribution in [0.5, 0.6) is 0 Å². The number of hydrogen-bond donors (Lipinski definition) is 1. The predicted octanol–water partition coefficient (Wildman–Crippen LogP) is 0.161. The van der Waals surface area contributed by atoms with Crippen molar-refractivity contribution in [3.05, 3.63) is 0 Å². The summed E-state index contributed by atoms with van der Waals surface area (Å²) in [6, 6.07) is 0.376. The minimum Gasteiger partial charge on any atom is -0.392 e. The van der Waals surface area contributed by atoms with E-state index in [2.05, 4.69) is 4.90 Å². The van der Waals surface area contributed by atoms with E-state index in [-0.39, 0.29) is 4.99 Å². The summed E-state index contributed by atoms with van der Waals surface area (Å²) in [4.78, 5) is 2.46. The number of hydrogen-bond acceptors (Lipinski definition) is 4. The van der Waals surface area contributed by atoms with Crippen molar-refractivity contribution in [1.29, 1.82) is 0 Å². The molecule has 2 aliphatic heterocycles. The zero-order valence-corrected chi connectivity index (χ0v) is 12.3. The molecule has 2 heterocycles. The molecule has 0 amide bonds. The smallest absolute Gasteiger partial charge is 0.223 e. The van der Waals surface area contributed by atoms with E-state index in [0.717, 1.165) is 19.5 Å². The zero-order chi connectivity index (χ0) is 13.3. The van der Waals surface area contributed by atoms with Crippen molar-refractivity contribution < 1.29 is 8.42 Å². The molecule has 0 bridgehead atoms. The maximum Gasteiger partial charge on any atom is 0.223 e. The second-order valence-corrected chi connectivity index (χ2v) is 7.86. The van der Waals surface area contributed by atoms with Crippen LogP contribution in [0.1, 0.15) is 26.2 Å². The molecule has 2 unspecified atom stereocenters. The van der Waals surface area contributed by atoms with Crippen LogP contribution in [0.3, 0.4) is 0 Å². The number of thiocarbonyl (C=S) groups is 1. The summed E-state index contributed by atoms with van der Waals surface area (Å²) in [7, 11) is -3.37. The van der Waals surface area contributed by atoms with Gasteiger partial charge in [0, 0.05) is 25.7 Å². The van der Waals surface area contributed by atoms with E-state index in [1.165, 1.54) is 12.8 Å². The van der Waals surface area contributed by atoms with Gasteiger partial charge in [-0.2, -0.15) is 4.31 Å². The summed E-state index contributed by atoms with van der Waals surface area (Å²) in [6.45, 7) is 4.66. The molecule has 2 rings (SSSR count). The van der Waals surface area contributed by atoms with E-state index in [4.69, 9.17) is 18.0 Å². The van der Waals surface area contributed by atoms with Crippen molar-refractivity contribution in [3.8, 4) is 0 Å². The Morgan fingerprint density at radius 1 is 1.33 bits per heavy atom. The minimum absolute atomic E-state index is 0.0565. The SMILES string of the molecule is CC(C(N)=S)S(=O)(=O)N1CCN2CCCCC2C1. The molecule has 7 heteroatoms. The number of piperidine rings is 1. The molecule has 0 aromatic rings. The van der Waals surface area contributed by atoms with E-state index in [1.807, 2.05) is 0 Å². The van der Waals surface area contributed by atoms with Crippen molar-refractivity contribution >= 4 is 27.2 Å². The molecule has 0 aliphatic carbocycles. The third kappa shape index (κ3) is 2.68. The lowest BCUT2D eigenvalue weighted by molar-refractivity contribution is 0.0850. The fourth-order valence-corrected chi connectivity index (χ4v) is 4.55. The molecule has 0 spiro atoms. The first-order chi connectivity index (χ1) is 8.43. The summed E-state index contributed by atoms with van der Waals surface area (Å²) >= 11 is 4.81. The maximum atomic E-state index is 12.3. The standard InChI is InChI=1S/C11H21N3O2S2/c1-9(11(12)17)18(15,16)14-7-6-13-5-3-2-4-10(13)8-14/h9-10H,2-8H2,1H3,(H2,12,17). The van der Waals surface area contributed by atoms with E-state index < -0.39 is 15.3 Å². The van der Waals surface area contributed by atoms with Gasteiger partial charge in [0.25, 0.3) is 0 Å². The van der Waals surface area contributed by atoms with E-state index >= 15 is 0 Å². The zero-order valence-electron chi connectivity index (χ0n) is 10.7. The number of nitrogens with zero attached hydrogens (tertiary/aromatic N) is 2. The second kappa shape index (κ2) is 5.40. The Labute approximate surface area is 114 Å². The first kappa shape index (κ1) is 14.2. The monoisotopic (exact) mass is 291 g/mol. The van der Waals surface area contributed by atoms with Gasteiger partial charge < -0.3 is 5.73 Å². The van der Waals surface area contributed by atoms with Gasteiger partial charge in [0.15, 0.2) is 0 Å². The van der Waals surface area contributed by atoms with Crippen LogP contribution in [0.25, 0.3) is 0 Å². The summed E-state index contributed by atoms with van der Waals surface area (Å²) < 4.78 is 26.3. The molecule has 2 atom stereocenters. The summed E-state index contributed by atoms with van der Waals surface area (Å²) in [6.07, 6.45) is 3.51. The van der Waals surface area contributed by atoms with Gasteiger partial charge in [0.05, 0.1) is 4.99 Å². The molecule has 104 valence electrons. The largest absolute Gasteiger partial charge is 0.392 e. The number of piperazine rings is 1. The Kier molecular flexibility index (Phi) is 4.25. The van der Waals surface area contributed by atoms with Gasteiger partial charge in [0.1, 0.15) is 5.25 Å². The highest BCUT2D eigenvalue weighted by Gasteiger charge is 2.37. The minimum atomic E-state index is -3.37. The van der Waals surface area contributed by atoms with Gasteiger partial charge in [-0.25, -0.2) is 8.42 Å². The van der Waals surface area contributed by atoms with Crippen LogP contribution in [0, 0.1) is 0 Å². The molecule has 0 aromatic carbocycles. The molecule has 0 aromatic heterocycles. The quantitative estimate of drug-likeness (QED) is 0.750. The van der Waals surface area contributed by atoms with Crippen molar-refractivity contribution in [1.82, 2.24) is 9.21 Å². The Morgan fingerprint density at radius 2 is 2.06 bits per heavy atom.